The Balaban J connectivity index is 2.22. The van der Waals surface area contributed by atoms with Gasteiger partial charge in [-0.1, -0.05) is 49.4 Å². The van der Waals surface area contributed by atoms with Crippen LogP contribution in [0.2, 0.25) is 0 Å². The van der Waals surface area contributed by atoms with E-state index in [9.17, 15) is 9.90 Å². The summed E-state index contributed by atoms with van der Waals surface area (Å²) in [6.45, 7) is 2.69. The summed E-state index contributed by atoms with van der Waals surface area (Å²) in [5.41, 5.74) is 0.868. The highest BCUT2D eigenvalue weighted by atomic mass is 16.3. The molecule has 2 rings (SSSR count). The molecule has 5 heteroatoms. The van der Waals surface area contributed by atoms with Crippen LogP contribution >= 0.6 is 0 Å². The molecule has 0 aromatic heterocycles. The molecule has 0 fully saturated rings. The van der Waals surface area contributed by atoms with E-state index in [2.05, 4.69) is 5.32 Å². The lowest BCUT2D eigenvalue weighted by atomic mass is 9.94. The molecule has 5 nitrogen and oxygen atoms in total. The zero-order valence-corrected chi connectivity index (χ0v) is 14.1. The Labute approximate surface area is 138 Å². The van der Waals surface area contributed by atoms with Crippen molar-refractivity contribution in [2.75, 3.05) is 20.6 Å². The molecule has 0 saturated heterocycles. The van der Waals surface area contributed by atoms with E-state index in [0.29, 0.717) is 13.0 Å². The Morgan fingerprint density at radius 1 is 1.39 bits per heavy atom. The van der Waals surface area contributed by atoms with Crippen molar-refractivity contribution in [2.45, 2.75) is 38.0 Å². The molecular weight excluding hydrogens is 290 g/mol. The number of aliphatic hydroxyl groups excluding tert-OH is 1. The third-order valence-corrected chi connectivity index (χ3v) is 4.11. The van der Waals surface area contributed by atoms with Crippen LogP contribution in [0, 0.1) is 0 Å². The molecule has 0 aliphatic carbocycles. The monoisotopic (exact) mass is 317 g/mol. The average molecular weight is 317 g/mol. The molecule has 3 atom stereocenters. The quantitative estimate of drug-likeness (QED) is 0.785. The molecule has 1 aromatic carbocycles. The lowest BCUT2D eigenvalue weighted by Gasteiger charge is -2.44. The molecule has 1 heterocycles. The summed E-state index contributed by atoms with van der Waals surface area (Å²) in [6, 6.07) is 9.04. The minimum absolute atomic E-state index is 0.0261. The normalized spacial score (nSPS) is 23.0. The molecule has 1 aromatic rings. The number of hydrogen-bond donors (Lipinski definition) is 2. The Bertz CT molecular complexity index is 530. The molecular formula is C18H27N3O2. The smallest absolute Gasteiger partial charge is 0.242 e. The van der Waals surface area contributed by atoms with E-state index in [1.807, 2.05) is 73.5 Å². The fourth-order valence-electron chi connectivity index (χ4n) is 3.00. The van der Waals surface area contributed by atoms with Crippen LogP contribution in [0.4, 0.5) is 0 Å². The fourth-order valence-corrected chi connectivity index (χ4v) is 3.00. The first kappa shape index (κ1) is 17.7. The molecule has 0 radical (unpaired) electrons. The van der Waals surface area contributed by atoms with Gasteiger partial charge in [-0.3, -0.25) is 4.79 Å². The van der Waals surface area contributed by atoms with Crippen LogP contribution < -0.4 is 5.32 Å². The van der Waals surface area contributed by atoms with E-state index in [-0.39, 0.29) is 11.9 Å². The Morgan fingerprint density at radius 2 is 2.09 bits per heavy atom. The zero-order chi connectivity index (χ0) is 16.8. The first-order valence-corrected chi connectivity index (χ1v) is 8.19. The Hall–Kier alpha value is -1.69. The summed E-state index contributed by atoms with van der Waals surface area (Å²) in [5, 5.41) is 17.6. The molecule has 23 heavy (non-hydrogen) atoms. The van der Waals surface area contributed by atoms with E-state index in [1.165, 1.54) is 0 Å². The van der Waals surface area contributed by atoms with Gasteiger partial charge < -0.3 is 10.4 Å². The lowest BCUT2D eigenvalue weighted by molar-refractivity contribution is -0.140. The van der Waals surface area contributed by atoms with Gasteiger partial charge in [-0.15, -0.1) is 0 Å². The van der Waals surface area contributed by atoms with Gasteiger partial charge in [-0.25, -0.2) is 10.0 Å². The van der Waals surface area contributed by atoms with Crippen molar-refractivity contribution in [1.29, 1.82) is 0 Å². The second-order valence-corrected chi connectivity index (χ2v) is 6.05. The number of nitrogens with zero attached hydrogens (tertiary/aromatic N) is 2. The third kappa shape index (κ3) is 4.19. The molecule has 2 N–H and O–H groups in total. The van der Waals surface area contributed by atoms with Gasteiger partial charge in [0, 0.05) is 20.6 Å². The predicted molar refractivity (Wildman–Crippen MR) is 91.6 cm³/mol. The number of carbonyl (C=O) groups excluding carboxylic acids is 1. The molecule has 0 spiro atoms. The van der Waals surface area contributed by atoms with E-state index >= 15 is 0 Å². The van der Waals surface area contributed by atoms with Crippen LogP contribution in [-0.2, 0) is 4.79 Å². The number of amides is 1. The van der Waals surface area contributed by atoms with Crippen molar-refractivity contribution >= 4 is 5.91 Å². The van der Waals surface area contributed by atoms with E-state index in [1.54, 1.807) is 0 Å². The average Bonchev–Trinajstić information content (AvgIpc) is 2.58. The SMILES string of the molecule is CCCNC(=O)[C@H]1C=CC[C@@H]([C@@H](O)c2ccccc2)N1N(C)C. The van der Waals surface area contributed by atoms with Gasteiger partial charge in [0.2, 0.25) is 5.91 Å². The molecule has 0 unspecified atom stereocenters. The Morgan fingerprint density at radius 3 is 2.70 bits per heavy atom. The van der Waals surface area contributed by atoms with Crippen molar-refractivity contribution in [1.82, 2.24) is 15.3 Å². The van der Waals surface area contributed by atoms with Crippen molar-refractivity contribution in [3.05, 3.63) is 48.0 Å². The minimum Gasteiger partial charge on any atom is -0.387 e. The van der Waals surface area contributed by atoms with Crippen LogP contribution in [0.1, 0.15) is 31.4 Å². The van der Waals surface area contributed by atoms with Gasteiger partial charge in [0.05, 0.1) is 12.1 Å². The molecule has 1 amide bonds. The molecule has 126 valence electrons. The summed E-state index contributed by atoms with van der Waals surface area (Å²) in [5.74, 6) is -0.0261. The number of benzene rings is 1. The highest BCUT2D eigenvalue weighted by Crippen LogP contribution is 2.29. The van der Waals surface area contributed by atoms with Crippen molar-refractivity contribution in [3.8, 4) is 0 Å². The van der Waals surface area contributed by atoms with Crippen LogP contribution in [0.5, 0.6) is 0 Å². The summed E-state index contributed by atoms with van der Waals surface area (Å²) >= 11 is 0. The fraction of sp³-hybridized carbons (Fsp3) is 0.500. The maximum atomic E-state index is 12.5. The maximum Gasteiger partial charge on any atom is 0.242 e. The Kier molecular flexibility index (Phi) is 6.33. The number of carbonyl (C=O) groups is 1. The summed E-state index contributed by atoms with van der Waals surface area (Å²) in [6.07, 6.45) is 4.86. The van der Waals surface area contributed by atoms with Gasteiger partial charge in [-0.05, 0) is 18.4 Å². The summed E-state index contributed by atoms with van der Waals surface area (Å²) in [7, 11) is 3.81. The summed E-state index contributed by atoms with van der Waals surface area (Å²) in [4.78, 5) is 12.5. The van der Waals surface area contributed by atoms with Crippen molar-refractivity contribution in [2.24, 2.45) is 0 Å². The number of nitrogens with one attached hydrogen (secondary N) is 1. The number of hydrazine groups is 1. The largest absolute Gasteiger partial charge is 0.387 e. The highest BCUT2D eigenvalue weighted by molar-refractivity contribution is 5.83. The van der Waals surface area contributed by atoms with Crippen LogP contribution in [0.25, 0.3) is 0 Å². The third-order valence-electron chi connectivity index (χ3n) is 4.11. The first-order valence-electron chi connectivity index (χ1n) is 8.19. The zero-order valence-electron chi connectivity index (χ0n) is 14.1. The topological polar surface area (TPSA) is 55.8 Å². The van der Waals surface area contributed by atoms with Gasteiger partial charge in [0.25, 0.3) is 0 Å². The minimum atomic E-state index is -0.648. The van der Waals surface area contributed by atoms with Crippen LogP contribution in [0.3, 0.4) is 0 Å². The molecule has 0 bridgehead atoms. The predicted octanol–water partition coefficient (Wildman–Crippen LogP) is 1.72. The lowest BCUT2D eigenvalue weighted by Crippen LogP contribution is -2.58. The molecule has 1 aliphatic heterocycles. The van der Waals surface area contributed by atoms with Crippen LogP contribution in [0.15, 0.2) is 42.5 Å². The van der Waals surface area contributed by atoms with Crippen molar-refractivity contribution < 1.29 is 9.90 Å². The van der Waals surface area contributed by atoms with Crippen molar-refractivity contribution in [3.63, 3.8) is 0 Å². The number of hydrogen-bond acceptors (Lipinski definition) is 4. The maximum absolute atomic E-state index is 12.5. The second-order valence-electron chi connectivity index (χ2n) is 6.05. The number of aliphatic hydroxyl groups is 1. The van der Waals surface area contributed by atoms with Gasteiger partial charge >= 0.3 is 0 Å². The number of rotatable bonds is 6. The molecule has 1 aliphatic rings. The van der Waals surface area contributed by atoms with Gasteiger partial charge in [0.15, 0.2) is 0 Å². The van der Waals surface area contributed by atoms with E-state index in [0.717, 1.165) is 12.0 Å². The summed E-state index contributed by atoms with van der Waals surface area (Å²) < 4.78 is 0. The van der Waals surface area contributed by atoms with Gasteiger partial charge in [-0.2, -0.15) is 0 Å². The van der Waals surface area contributed by atoms with E-state index < -0.39 is 12.1 Å². The van der Waals surface area contributed by atoms with Gasteiger partial charge in [0.1, 0.15) is 6.04 Å². The highest BCUT2D eigenvalue weighted by Gasteiger charge is 2.37. The second kappa shape index (κ2) is 8.24. The van der Waals surface area contributed by atoms with E-state index in [4.69, 9.17) is 0 Å². The van der Waals surface area contributed by atoms with Crippen LogP contribution in [-0.4, -0.2) is 53.8 Å². The molecule has 0 saturated carbocycles. The standard InChI is InChI=1S/C18H27N3O2/c1-4-13-19-18(23)16-12-8-11-15(21(16)20(2)3)17(22)14-9-6-5-7-10-14/h5-10,12,15-17,22H,4,11,13H2,1-3H3,(H,19,23)/t15-,16+,17-/m0/s1. The first-order chi connectivity index (χ1) is 11.1.